The SMILES string of the molecule is Cc1cc(N2CCN(C)CC2)ccc1NC(=O)CCCc1nc2ccccc2[nH]1. The minimum atomic E-state index is 0.0524. The summed E-state index contributed by atoms with van der Waals surface area (Å²) in [7, 11) is 2.16. The molecule has 6 heteroatoms. The fourth-order valence-corrected chi connectivity index (χ4v) is 3.80. The molecule has 1 aliphatic heterocycles. The molecule has 0 unspecified atom stereocenters. The maximum absolute atomic E-state index is 12.4. The third-order valence-electron chi connectivity index (χ3n) is 5.61. The lowest BCUT2D eigenvalue weighted by Crippen LogP contribution is -2.44. The zero-order valence-corrected chi connectivity index (χ0v) is 17.2. The monoisotopic (exact) mass is 391 g/mol. The molecule has 1 fully saturated rings. The van der Waals surface area contributed by atoms with Gasteiger partial charge in [0, 0.05) is 50.4 Å². The number of hydrogen-bond acceptors (Lipinski definition) is 4. The van der Waals surface area contributed by atoms with E-state index in [2.05, 4.69) is 51.2 Å². The molecule has 1 amide bonds. The number of anilines is 2. The van der Waals surface area contributed by atoms with Crippen molar-refractivity contribution in [1.29, 1.82) is 0 Å². The van der Waals surface area contributed by atoms with E-state index in [0.717, 1.165) is 67.1 Å². The summed E-state index contributed by atoms with van der Waals surface area (Å²) in [6.07, 6.45) is 2.02. The van der Waals surface area contributed by atoms with Crippen LogP contribution >= 0.6 is 0 Å². The van der Waals surface area contributed by atoms with E-state index >= 15 is 0 Å². The highest BCUT2D eigenvalue weighted by atomic mass is 16.1. The minimum Gasteiger partial charge on any atom is -0.369 e. The van der Waals surface area contributed by atoms with Gasteiger partial charge >= 0.3 is 0 Å². The maximum Gasteiger partial charge on any atom is 0.224 e. The Morgan fingerprint density at radius 1 is 1.14 bits per heavy atom. The number of hydrogen-bond donors (Lipinski definition) is 2. The van der Waals surface area contributed by atoms with Crippen molar-refractivity contribution in [1.82, 2.24) is 14.9 Å². The topological polar surface area (TPSA) is 64.3 Å². The van der Waals surface area contributed by atoms with E-state index in [1.54, 1.807) is 0 Å². The van der Waals surface area contributed by atoms with E-state index in [1.165, 1.54) is 5.69 Å². The van der Waals surface area contributed by atoms with Gasteiger partial charge in [0.2, 0.25) is 5.91 Å². The molecule has 29 heavy (non-hydrogen) atoms. The van der Waals surface area contributed by atoms with Crippen molar-refractivity contribution in [3.63, 3.8) is 0 Å². The van der Waals surface area contributed by atoms with Crippen LogP contribution in [-0.4, -0.2) is 54.0 Å². The summed E-state index contributed by atoms with van der Waals surface area (Å²) in [6, 6.07) is 14.3. The largest absolute Gasteiger partial charge is 0.369 e. The Morgan fingerprint density at radius 3 is 2.69 bits per heavy atom. The Morgan fingerprint density at radius 2 is 1.93 bits per heavy atom. The second-order valence-electron chi connectivity index (χ2n) is 7.89. The predicted octanol–water partition coefficient (Wildman–Crippen LogP) is 3.58. The van der Waals surface area contributed by atoms with Crippen LogP contribution in [0.15, 0.2) is 42.5 Å². The third-order valence-corrected chi connectivity index (χ3v) is 5.61. The molecule has 2 N–H and O–H groups in total. The van der Waals surface area contributed by atoms with E-state index in [0.29, 0.717) is 6.42 Å². The average Bonchev–Trinajstić information content (AvgIpc) is 3.13. The molecule has 6 nitrogen and oxygen atoms in total. The fraction of sp³-hybridized carbons (Fsp3) is 0.391. The lowest BCUT2D eigenvalue weighted by molar-refractivity contribution is -0.116. The summed E-state index contributed by atoms with van der Waals surface area (Å²) in [6.45, 7) is 6.32. The van der Waals surface area contributed by atoms with E-state index < -0.39 is 0 Å². The van der Waals surface area contributed by atoms with E-state index in [4.69, 9.17) is 0 Å². The second kappa shape index (κ2) is 8.66. The summed E-state index contributed by atoms with van der Waals surface area (Å²) >= 11 is 0. The molecule has 2 aromatic carbocycles. The summed E-state index contributed by atoms with van der Waals surface area (Å²) in [5, 5.41) is 3.06. The smallest absolute Gasteiger partial charge is 0.224 e. The number of likely N-dealkylation sites (N-methyl/N-ethyl adjacent to an activating group) is 1. The molecule has 1 aliphatic rings. The summed E-state index contributed by atoms with van der Waals surface area (Å²) in [5.74, 6) is 0.989. The lowest BCUT2D eigenvalue weighted by atomic mass is 10.1. The van der Waals surface area contributed by atoms with Crippen molar-refractivity contribution in [2.75, 3.05) is 43.4 Å². The first kappa shape index (κ1) is 19.5. The highest BCUT2D eigenvalue weighted by Gasteiger charge is 2.15. The Hall–Kier alpha value is -2.86. The Balaban J connectivity index is 1.28. The minimum absolute atomic E-state index is 0.0524. The molecule has 1 aromatic heterocycles. The van der Waals surface area contributed by atoms with Gasteiger partial charge in [-0.2, -0.15) is 0 Å². The number of H-pyrrole nitrogens is 1. The van der Waals surface area contributed by atoms with Crippen molar-refractivity contribution >= 4 is 28.3 Å². The van der Waals surface area contributed by atoms with Gasteiger partial charge < -0.3 is 20.1 Å². The van der Waals surface area contributed by atoms with E-state index in [9.17, 15) is 4.79 Å². The van der Waals surface area contributed by atoms with Crippen molar-refractivity contribution < 1.29 is 4.79 Å². The normalized spacial score (nSPS) is 15.0. The molecule has 0 aliphatic carbocycles. The van der Waals surface area contributed by atoms with Crippen molar-refractivity contribution in [2.45, 2.75) is 26.2 Å². The fourth-order valence-electron chi connectivity index (χ4n) is 3.80. The maximum atomic E-state index is 12.4. The highest BCUT2D eigenvalue weighted by Crippen LogP contribution is 2.24. The Labute approximate surface area is 171 Å². The van der Waals surface area contributed by atoms with Gasteiger partial charge in [0.1, 0.15) is 5.82 Å². The van der Waals surface area contributed by atoms with Crippen molar-refractivity contribution in [2.24, 2.45) is 0 Å². The van der Waals surface area contributed by atoms with Crippen LogP contribution in [0.2, 0.25) is 0 Å². The number of imidazole rings is 1. The molecule has 4 rings (SSSR count). The first-order valence-electron chi connectivity index (χ1n) is 10.4. The average molecular weight is 392 g/mol. The predicted molar refractivity (Wildman–Crippen MR) is 119 cm³/mol. The van der Waals surface area contributed by atoms with E-state index in [-0.39, 0.29) is 5.91 Å². The number of fused-ring (bicyclic) bond motifs is 1. The quantitative estimate of drug-likeness (QED) is 0.674. The number of aromatic nitrogens is 2. The van der Waals surface area contributed by atoms with E-state index in [1.807, 2.05) is 30.3 Å². The number of benzene rings is 2. The van der Waals surface area contributed by atoms with Gasteiger partial charge in [-0.1, -0.05) is 12.1 Å². The van der Waals surface area contributed by atoms with Gasteiger partial charge in [-0.05, 0) is 56.3 Å². The van der Waals surface area contributed by atoms with Crippen LogP contribution in [0.4, 0.5) is 11.4 Å². The van der Waals surface area contributed by atoms with Crippen LogP contribution < -0.4 is 10.2 Å². The molecule has 3 aromatic rings. The van der Waals surface area contributed by atoms with Crippen LogP contribution in [0, 0.1) is 6.92 Å². The van der Waals surface area contributed by atoms with Crippen LogP contribution in [0.3, 0.4) is 0 Å². The molecule has 0 spiro atoms. The zero-order chi connectivity index (χ0) is 20.2. The first-order chi connectivity index (χ1) is 14.1. The summed E-state index contributed by atoms with van der Waals surface area (Å²) in [5.41, 5.74) is 5.26. The summed E-state index contributed by atoms with van der Waals surface area (Å²) < 4.78 is 0. The van der Waals surface area contributed by atoms with Gasteiger partial charge in [-0.25, -0.2) is 4.98 Å². The number of aromatic amines is 1. The van der Waals surface area contributed by atoms with Crippen molar-refractivity contribution in [3.05, 3.63) is 53.9 Å². The number of nitrogens with one attached hydrogen (secondary N) is 2. The van der Waals surface area contributed by atoms with Gasteiger partial charge in [-0.15, -0.1) is 0 Å². The molecule has 0 bridgehead atoms. The second-order valence-corrected chi connectivity index (χ2v) is 7.89. The molecule has 2 heterocycles. The highest BCUT2D eigenvalue weighted by molar-refractivity contribution is 5.91. The lowest BCUT2D eigenvalue weighted by Gasteiger charge is -2.34. The van der Waals surface area contributed by atoms with Gasteiger partial charge in [0.05, 0.1) is 11.0 Å². The van der Waals surface area contributed by atoms with Crippen LogP contribution in [0.25, 0.3) is 11.0 Å². The molecular weight excluding hydrogens is 362 g/mol. The Kier molecular flexibility index (Phi) is 5.81. The molecule has 152 valence electrons. The number of carbonyl (C=O) groups is 1. The first-order valence-corrected chi connectivity index (χ1v) is 10.4. The van der Waals surface area contributed by atoms with Gasteiger partial charge in [0.15, 0.2) is 0 Å². The number of aryl methyl sites for hydroxylation is 2. The van der Waals surface area contributed by atoms with Crippen LogP contribution in [0.5, 0.6) is 0 Å². The molecule has 1 saturated heterocycles. The van der Waals surface area contributed by atoms with Crippen molar-refractivity contribution in [3.8, 4) is 0 Å². The summed E-state index contributed by atoms with van der Waals surface area (Å²) in [4.78, 5) is 25.0. The number of carbonyl (C=O) groups excluding carboxylic acids is 1. The van der Waals surface area contributed by atoms with Crippen LogP contribution in [-0.2, 0) is 11.2 Å². The Bertz CT molecular complexity index is 955. The molecule has 0 saturated carbocycles. The molecule has 0 radical (unpaired) electrons. The zero-order valence-electron chi connectivity index (χ0n) is 17.2. The molecular formula is C23H29N5O. The number of para-hydroxylation sites is 2. The number of rotatable bonds is 6. The third kappa shape index (κ3) is 4.77. The van der Waals surface area contributed by atoms with Gasteiger partial charge in [0.25, 0.3) is 0 Å². The molecule has 0 atom stereocenters. The van der Waals surface area contributed by atoms with Crippen LogP contribution in [0.1, 0.15) is 24.2 Å². The van der Waals surface area contributed by atoms with Gasteiger partial charge in [-0.3, -0.25) is 4.79 Å². The number of piperazine rings is 1. The number of amides is 1. The standard InChI is InChI=1S/C23H29N5O/c1-17-16-18(28-14-12-27(2)13-15-28)10-11-19(17)26-23(29)9-5-8-22-24-20-6-3-4-7-21(20)25-22/h3-4,6-7,10-11,16H,5,8-9,12-15H2,1-2H3,(H,24,25)(H,26,29). The number of nitrogens with zero attached hydrogens (tertiary/aromatic N) is 3.